The van der Waals surface area contributed by atoms with Crippen molar-refractivity contribution in [1.29, 1.82) is 0 Å². The van der Waals surface area contributed by atoms with Crippen molar-refractivity contribution in [3.63, 3.8) is 0 Å². The lowest BCUT2D eigenvalue weighted by atomic mass is 10.0. The van der Waals surface area contributed by atoms with Crippen LogP contribution in [-0.2, 0) is 47.7 Å². The van der Waals surface area contributed by atoms with E-state index in [2.05, 4.69) is 0 Å². The highest BCUT2D eigenvalue weighted by molar-refractivity contribution is 8.18. The Morgan fingerprint density at radius 2 is 1.16 bits per heavy atom. The van der Waals surface area contributed by atoms with Crippen LogP contribution in [0.5, 0.6) is 0 Å². The highest BCUT2D eigenvalue weighted by Gasteiger charge is 2.52. The third-order valence-corrected chi connectivity index (χ3v) is 6.68. The topological polar surface area (TPSA) is 132 Å². The van der Waals surface area contributed by atoms with E-state index in [4.69, 9.17) is 23.7 Å². The van der Waals surface area contributed by atoms with Gasteiger partial charge in [0.2, 0.25) is 0 Å². The maximum atomic E-state index is 12.1. The average molecular weight is 497 g/mol. The summed E-state index contributed by atoms with van der Waals surface area (Å²) in [5.74, 6) is -2.30. The number of carbonyl (C=O) groups is 5. The van der Waals surface area contributed by atoms with E-state index in [-0.39, 0.29) is 6.61 Å². The van der Waals surface area contributed by atoms with Crippen molar-refractivity contribution < 1.29 is 47.7 Å². The molecule has 12 heteroatoms. The first-order valence-corrected chi connectivity index (χ1v) is 11.9. The zero-order chi connectivity index (χ0) is 24.9. The van der Waals surface area contributed by atoms with Gasteiger partial charge in [0.1, 0.15) is 17.3 Å². The standard InChI is InChI=1S/C20H32O10S2/c1-8-31-20(32-9-2,11-27-13(4)22)19(30-16(7)25)18(29-15(6)24)17(28-14(5)23)10-26-12(3)21/h17-19H,8-11H2,1-7H3/t17-,18+,19+/m1/s1. The second-order valence-corrected chi connectivity index (χ2v) is 9.96. The van der Waals surface area contributed by atoms with Crippen LogP contribution in [0, 0.1) is 0 Å². The van der Waals surface area contributed by atoms with E-state index in [0.29, 0.717) is 11.5 Å². The first kappa shape index (κ1) is 30.0. The summed E-state index contributed by atoms with van der Waals surface area (Å²) in [5, 5.41) is 0. The maximum Gasteiger partial charge on any atom is 0.303 e. The van der Waals surface area contributed by atoms with Gasteiger partial charge in [-0.15, -0.1) is 23.5 Å². The molecule has 10 nitrogen and oxygen atoms in total. The molecular weight excluding hydrogens is 464 g/mol. The van der Waals surface area contributed by atoms with E-state index < -0.39 is 58.8 Å². The number of hydrogen-bond donors (Lipinski definition) is 0. The second kappa shape index (κ2) is 15.0. The fourth-order valence-corrected chi connectivity index (χ4v) is 5.78. The third-order valence-electron chi connectivity index (χ3n) is 3.72. The predicted octanol–water partition coefficient (Wildman–Crippen LogP) is 2.11. The molecule has 32 heavy (non-hydrogen) atoms. The fourth-order valence-electron chi connectivity index (χ4n) is 2.78. The molecule has 0 aromatic rings. The van der Waals surface area contributed by atoms with Gasteiger partial charge in [-0.3, -0.25) is 24.0 Å². The number of esters is 5. The molecule has 0 bridgehead atoms. The van der Waals surface area contributed by atoms with E-state index in [1.165, 1.54) is 44.3 Å². The molecule has 0 N–H and O–H groups in total. The molecule has 184 valence electrons. The van der Waals surface area contributed by atoms with Crippen LogP contribution in [0.1, 0.15) is 48.5 Å². The highest BCUT2D eigenvalue weighted by atomic mass is 32.2. The second-order valence-electron chi connectivity index (χ2n) is 6.51. The normalized spacial score (nSPS) is 13.8. The number of hydrogen-bond acceptors (Lipinski definition) is 12. The van der Waals surface area contributed by atoms with Crippen molar-refractivity contribution in [3.8, 4) is 0 Å². The highest BCUT2D eigenvalue weighted by Crippen LogP contribution is 2.44. The van der Waals surface area contributed by atoms with Crippen LogP contribution >= 0.6 is 23.5 Å². The summed E-state index contributed by atoms with van der Waals surface area (Å²) >= 11 is 2.65. The van der Waals surface area contributed by atoms with Crippen molar-refractivity contribution in [2.75, 3.05) is 24.7 Å². The number of rotatable bonds is 14. The summed E-state index contributed by atoms with van der Waals surface area (Å²) in [6.45, 7) is 8.95. The van der Waals surface area contributed by atoms with Gasteiger partial charge in [-0.25, -0.2) is 0 Å². The molecule has 0 aromatic heterocycles. The third kappa shape index (κ3) is 11.1. The van der Waals surface area contributed by atoms with Crippen molar-refractivity contribution in [2.24, 2.45) is 0 Å². The minimum Gasteiger partial charge on any atom is -0.463 e. The molecule has 0 unspecified atom stereocenters. The Kier molecular flexibility index (Phi) is 14.1. The summed E-state index contributed by atoms with van der Waals surface area (Å²) in [5.41, 5.74) is 0. The van der Waals surface area contributed by atoms with E-state index >= 15 is 0 Å². The van der Waals surface area contributed by atoms with Gasteiger partial charge in [-0.2, -0.15) is 0 Å². The van der Waals surface area contributed by atoms with Crippen LogP contribution in [-0.4, -0.2) is 77.0 Å². The molecule has 0 saturated heterocycles. The fraction of sp³-hybridized carbons (Fsp3) is 0.750. The molecule has 0 aliphatic heterocycles. The molecule has 0 rings (SSSR count). The van der Waals surface area contributed by atoms with Gasteiger partial charge in [0.15, 0.2) is 18.3 Å². The Bertz CT molecular complexity index is 661. The first-order chi connectivity index (χ1) is 14.9. The minimum atomic E-state index is -1.35. The monoisotopic (exact) mass is 496 g/mol. The van der Waals surface area contributed by atoms with Crippen LogP contribution in [0.15, 0.2) is 0 Å². The minimum absolute atomic E-state index is 0.185. The van der Waals surface area contributed by atoms with Gasteiger partial charge < -0.3 is 23.7 Å². The van der Waals surface area contributed by atoms with Gasteiger partial charge in [-0.1, -0.05) is 13.8 Å². The van der Waals surface area contributed by atoms with Crippen molar-refractivity contribution in [3.05, 3.63) is 0 Å². The van der Waals surface area contributed by atoms with Crippen molar-refractivity contribution in [1.82, 2.24) is 0 Å². The number of ether oxygens (including phenoxy) is 5. The summed E-state index contributed by atoms with van der Waals surface area (Å²) < 4.78 is 25.5. The van der Waals surface area contributed by atoms with E-state index in [0.717, 1.165) is 13.8 Å². The van der Waals surface area contributed by atoms with Gasteiger partial charge in [-0.05, 0) is 11.5 Å². The van der Waals surface area contributed by atoms with Crippen molar-refractivity contribution in [2.45, 2.75) is 70.9 Å². The van der Waals surface area contributed by atoms with Crippen LogP contribution < -0.4 is 0 Å². The Morgan fingerprint density at radius 3 is 1.53 bits per heavy atom. The summed E-state index contributed by atoms with van der Waals surface area (Å²) in [7, 11) is 0. The Hall–Kier alpha value is -1.95. The number of carbonyl (C=O) groups excluding carboxylic acids is 5. The van der Waals surface area contributed by atoms with Crippen molar-refractivity contribution >= 4 is 53.4 Å². The van der Waals surface area contributed by atoms with Crippen LogP contribution in [0.2, 0.25) is 0 Å². The van der Waals surface area contributed by atoms with Gasteiger partial charge in [0.05, 0.1) is 0 Å². The summed E-state index contributed by atoms with van der Waals surface area (Å²) in [6.07, 6.45) is -3.86. The predicted molar refractivity (Wildman–Crippen MR) is 119 cm³/mol. The van der Waals surface area contributed by atoms with Gasteiger partial charge in [0, 0.05) is 34.6 Å². The molecule has 0 fully saturated rings. The smallest absolute Gasteiger partial charge is 0.303 e. The summed E-state index contributed by atoms with van der Waals surface area (Å²) in [4.78, 5) is 58.8. The van der Waals surface area contributed by atoms with E-state index in [9.17, 15) is 24.0 Å². The maximum absolute atomic E-state index is 12.1. The van der Waals surface area contributed by atoms with E-state index in [1.54, 1.807) is 0 Å². The quantitative estimate of drug-likeness (QED) is 0.198. The summed E-state index contributed by atoms with van der Waals surface area (Å²) in [6, 6.07) is 0. The zero-order valence-electron chi connectivity index (χ0n) is 19.5. The molecule has 0 aliphatic rings. The molecule has 0 saturated carbocycles. The largest absolute Gasteiger partial charge is 0.463 e. The van der Waals surface area contributed by atoms with E-state index in [1.807, 2.05) is 13.8 Å². The van der Waals surface area contributed by atoms with Crippen LogP contribution in [0.3, 0.4) is 0 Å². The first-order valence-electron chi connectivity index (χ1n) is 9.94. The molecular formula is C20H32O10S2. The lowest BCUT2D eigenvalue weighted by Gasteiger charge is -2.42. The molecule has 0 radical (unpaired) electrons. The average Bonchev–Trinajstić information content (AvgIpc) is 2.65. The Balaban J connectivity index is 6.63. The van der Waals surface area contributed by atoms with Crippen LogP contribution in [0.25, 0.3) is 0 Å². The Labute approximate surface area is 196 Å². The molecule has 0 aliphatic carbocycles. The SMILES string of the molecule is CCSC(COC(C)=O)(SCC)[C@@H](OC(C)=O)[C@@H](OC(C)=O)[C@@H](COC(C)=O)OC(C)=O. The number of thioether (sulfide) groups is 2. The molecule has 0 heterocycles. The lowest BCUT2D eigenvalue weighted by Crippen LogP contribution is -2.57. The molecule has 3 atom stereocenters. The van der Waals surface area contributed by atoms with Gasteiger partial charge in [0.25, 0.3) is 0 Å². The van der Waals surface area contributed by atoms with Crippen LogP contribution in [0.4, 0.5) is 0 Å². The lowest BCUT2D eigenvalue weighted by molar-refractivity contribution is -0.191. The molecule has 0 spiro atoms. The Morgan fingerprint density at radius 1 is 0.688 bits per heavy atom. The molecule has 0 amide bonds. The zero-order valence-corrected chi connectivity index (χ0v) is 21.1. The molecule has 0 aromatic carbocycles. The van der Waals surface area contributed by atoms with Gasteiger partial charge >= 0.3 is 29.8 Å².